The van der Waals surface area contributed by atoms with Gasteiger partial charge in [0.15, 0.2) is 0 Å². The molecule has 0 atom stereocenters. The van der Waals surface area contributed by atoms with Crippen molar-refractivity contribution >= 4 is 6.29 Å². The monoisotopic (exact) mass is 330 g/mol. The summed E-state index contributed by atoms with van der Waals surface area (Å²) < 4.78 is 0. The highest BCUT2D eigenvalue weighted by Gasteiger charge is 2.34. The van der Waals surface area contributed by atoms with Crippen LogP contribution in [0.1, 0.15) is 89.9 Å². The molecule has 0 spiro atoms. The Morgan fingerprint density at radius 3 is 1.50 bits per heavy atom. The lowest BCUT2D eigenvalue weighted by molar-refractivity contribution is -0.108. The van der Waals surface area contributed by atoms with Gasteiger partial charge in [0, 0.05) is 6.42 Å². The van der Waals surface area contributed by atoms with E-state index in [-0.39, 0.29) is 0 Å². The van der Waals surface area contributed by atoms with Crippen LogP contribution in [0.15, 0.2) is 12.7 Å². The number of hydrogen-bond acceptors (Lipinski definition) is 1. The Labute approximate surface area is 149 Å². The molecule has 0 unspecified atom stereocenters. The zero-order valence-corrected chi connectivity index (χ0v) is 15.6. The molecule has 3 aliphatic carbocycles. The minimum Gasteiger partial charge on any atom is -0.303 e. The summed E-state index contributed by atoms with van der Waals surface area (Å²) in [5, 5.41) is 0. The first-order valence-corrected chi connectivity index (χ1v) is 10.9. The van der Waals surface area contributed by atoms with E-state index >= 15 is 0 Å². The quantitative estimate of drug-likeness (QED) is 0.397. The van der Waals surface area contributed by atoms with Crippen LogP contribution in [0, 0.1) is 35.5 Å². The van der Waals surface area contributed by atoms with Crippen LogP contribution < -0.4 is 0 Å². The summed E-state index contributed by atoms with van der Waals surface area (Å²) in [5.41, 5.74) is 0. The molecular weight excluding hydrogens is 292 g/mol. The fraction of sp³-hybridized carbons (Fsp3) is 0.870. The lowest BCUT2D eigenvalue weighted by Gasteiger charge is -2.41. The van der Waals surface area contributed by atoms with Crippen molar-refractivity contribution < 1.29 is 4.79 Å². The van der Waals surface area contributed by atoms with Gasteiger partial charge in [0.2, 0.25) is 0 Å². The molecule has 24 heavy (non-hydrogen) atoms. The summed E-state index contributed by atoms with van der Waals surface area (Å²) in [6.07, 6.45) is 22.7. The molecule has 3 aliphatic rings. The van der Waals surface area contributed by atoms with Crippen molar-refractivity contribution in [2.45, 2.75) is 89.9 Å². The maximum Gasteiger partial charge on any atom is 0.120 e. The van der Waals surface area contributed by atoms with Gasteiger partial charge in [0.25, 0.3) is 0 Å². The molecule has 1 nitrogen and oxygen atoms in total. The van der Waals surface area contributed by atoms with Gasteiger partial charge in [-0.1, -0.05) is 18.9 Å². The molecular formula is C23H38O. The average Bonchev–Trinajstić information content (AvgIpc) is 2.67. The molecule has 0 saturated heterocycles. The van der Waals surface area contributed by atoms with Gasteiger partial charge >= 0.3 is 0 Å². The Morgan fingerprint density at radius 1 is 0.667 bits per heavy atom. The first kappa shape index (κ1) is 18.2. The fourth-order valence-corrected chi connectivity index (χ4v) is 6.19. The molecule has 0 aromatic heterocycles. The molecule has 0 amide bonds. The second-order valence-corrected chi connectivity index (χ2v) is 9.11. The fourth-order valence-electron chi connectivity index (χ4n) is 6.19. The zero-order chi connectivity index (χ0) is 16.8. The first-order valence-electron chi connectivity index (χ1n) is 10.9. The van der Waals surface area contributed by atoms with E-state index in [4.69, 9.17) is 0 Å². The van der Waals surface area contributed by atoms with Gasteiger partial charge in [0.05, 0.1) is 0 Å². The molecule has 0 radical (unpaired) electrons. The maximum absolute atomic E-state index is 10.6. The van der Waals surface area contributed by atoms with Gasteiger partial charge in [-0.2, -0.15) is 0 Å². The summed E-state index contributed by atoms with van der Waals surface area (Å²) in [6, 6.07) is 0. The third-order valence-corrected chi connectivity index (χ3v) is 7.88. The van der Waals surface area contributed by atoms with Gasteiger partial charge in [-0.15, -0.1) is 6.58 Å². The third kappa shape index (κ3) is 4.73. The lowest BCUT2D eigenvalue weighted by atomic mass is 9.65. The van der Waals surface area contributed by atoms with Gasteiger partial charge in [0.1, 0.15) is 6.29 Å². The minimum atomic E-state index is 0.786. The Kier molecular flexibility index (Phi) is 6.98. The molecule has 0 heterocycles. The number of carbonyl (C=O) groups is 1. The van der Waals surface area contributed by atoms with Gasteiger partial charge in [-0.05, 0) is 106 Å². The van der Waals surface area contributed by atoms with E-state index in [0.29, 0.717) is 0 Å². The van der Waals surface area contributed by atoms with Crippen LogP contribution in [-0.4, -0.2) is 6.29 Å². The SMILES string of the molecule is C=CC1CCC(C2CCC(C3CCC(CCC=O)CC3)CC2)CC1. The van der Waals surface area contributed by atoms with E-state index in [1.54, 1.807) is 0 Å². The van der Waals surface area contributed by atoms with Crippen molar-refractivity contribution in [1.29, 1.82) is 0 Å². The zero-order valence-electron chi connectivity index (χ0n) is 15.6. The van der Waals surface area contributed by atoms with E-state index < -0.39 is 0 Å². The van der Waals surface area contributed by atoms with Crippen LogP contribution in [-0.2, 0) is 4.79 Å². The number of rotatable bonds is 6. The first-order chi connectivity index (χ1) is 11.8. The van der Waals surface area contributed by atoms with Gasteiger partial charge < -0.3 is 4.79 Å². The van der Waals surface area contributed by atoms with Crippen molar-refractivity contribution in [2.75, 3.05) is 0 Å². The highest BCUT2D eigenvalue weighted by atomic mass is 16.1. The van der Waals surface area contributed by atoms with E-state index in [2.05, 4.69) is 12.7 Å². The van der Waals surface area contributed by atoms with E-state index in [1.165, 1.54) is 77.0 Å². The van der Waals surface area contributed by atoms with Gasteiger partial charge in [-0.3, -0.25) is 0 Å². The van der Waals surface area contributed by atoms with Crippen molar-refractivity contribution in [2.24, 2.45) is 35.5 Å². The molecule has 3 fully saturated rings. The maximum atomic E-state index is 10.6. The number of allylic oxidation sites excluding steroid dienone is 1. The second-order valence-electron chi connectivity index (χ2n) is 9.11. The standard InChI is InChI=1S/C23H38O/c1-2-18-5-9-20(10-6-18)22-13-15-23(16-14-22)21-11-7-19(8-12-21)4-3-17-24/h2,17-23H,1,3-16H2. The molecule has 0 N–H and O–H groups in total. The Bertz CT molecular complexity index is 377. The van der Waals surface area contributed by atoms with Gasteiger partial charge in [-0.25, -0.2) is 0 Å². The molecule has 1 heteroatoms. The van der Waals surface area contributed by atoms with Crippen LogP contribution in [0.25, 0.3) is 0 Å². The van der Waals surface area contributed by atoms with Crippen molar-refractivity contribution in [3.05, 3.63) is 12.7 Å². The van der Waals surface area contributed by atoms with Crippen LogP contribution in [0.3, 0.4) is 0 Å². The highest BCUT2D eigenvalue weighted by Crippen LogP contribution is 2.46. The Morgan fingerprint density at radius 2 is 1.08 bits per heavy atom. The summed E-state index contributed by atoms with van der Waals surface area (Å²) in [7, 11) is 0. The molecule has 136 valence electrons. The smallest absolute Gasteiger partial charge is 0.120 e. The van der Waals surface area contributed by atoms with Crippen molar-refractivity contribution in [1.82, 2.24) is 0 Å². The van der Waals surface area contributed by atoms with E-state index in [9.17, 15) is 4.79 Å². The molecule has 0 aliphatic heterocycles. The largest absolute Gasteiger partial charge is 0.303 e. The molecule has 0 aromatic carbocycles. The third-order valence-electron chi connectivity index (χ3n) is 7.88. The molecule has 0 bridgehead atoms. The van der Waals surface area contributed by atoms with E-state index in [0.717, 1.165) is 54.6 Å². The predicted molar refractivity (Wildman–Crippen MR) is 102 cm³/mol. The van der Waals surface area contributed by atoms with Crippen molar-refractivity contribution in [3.8, 4) is 0 Å². The molecule has 3 rings (SSSR count). The van der Waals surface area contributed by atoms with Crippen LogP contribution in [0.5, 0.6) is 0 Å². The normalized spacial score (nSPS) is 40.8. The van der Waals surface area contributed by atoms with Crippen LogP contribution >= 0.6 is 0 Å². The number of hydrogen-bond donors (Lipinski definition) is 0. The summed E-state index contributed by atoms with van der Waals surface area (Å²) in [4.78, 5) is 10.6. The van der Waals surface area contributed by atoms with Crippen molar-refractivity contribution in [3.63, 3.8) is 0 Å². The van der Waals surface area contributed by atoms with Crippen LogP contribution in [0.4, 0.5) is 0 Å². The number of aldehydes is 1. The number of carbonyl (C=O) groups excluding carboxylic acids is 1. The topological polar surface area (TPSA) is 17.1 Å². The minimum absolute atomic E-state index is 0.786. The summed E-state index contributed by atoms with van der Waals surface area (Å²) >= 11 is 0. The average molecular weight is 331 g/mol. The highest BCUT2D eigenvalue weighted by molar-refractivity contribution is 5.49. The summed E-state index contributed by atoms with van der Waals surface area (Å²) in [5.74, 6) is 5.76. The van der Waals surface area contributed by atoms with E-state index in [1.807, 2.05) is 0 Å². The summed E-state index contributed by atoms with van der Waals surface area (Å²) in [6.45, 7) is 3.99. The lowest BCUT2D eigenvalue weighted by Crippen LogP contribution is -2.29. The molecule has 3 saturated carbocycles. The van der Waals surface area contributed by atoms with Crippen LogP contribution in [0.2, 0.25) is 0 Å². The second kappa shape index (κ2) is 9.20. The Balaban J connectivity index is 1.37. The predicted octanol–water partition coefficient (Wildman–Crippen LogP) is 6.57. The molecule has 0 aromatic rings. The Hall–Kier alpha value is -0.590.